The lowest BCUT2D eigenvalue weighted by molar-refractivity contribution is 0.102. The molecule has 0 bridgehead atoms. The minimum Gasteiger partial charge on any atom is -0.497 e. The van der Waals surface area contributed by atoms with Gasteiger partial charge in [-0.2, -0.15) is 5.26 Å². The minimum atomic E-state index is -0.294. The molecule has 0 unspecified atom stereocenters. The van der Waals surface area contributed by atoms with Crippen molar-refractivity contribution in [2.24, 2.45) is 0 Å². The zero-order chi connectivity index (χ0) is 18.4. The quantitative estimate of drug-likeness (QED) is 0.735. The number of nitrogens with one attached hydrogen (secondary N) is 2. The van der Waals surface area contributed by atoms with E-state index in [1.54, 1.807) is 61.7 Å². The standard InChI is InChI=1S/C19H15N5O2/c1-26-15-8-6-13(7-9-15)19(25)22-18-11-10-17(23-24-18)21-16-5-3-2-4-14(16)12-20/h2-11H,1H3,(H,21,23)(H,22,24,25). The monoisotopic (exact) mass is 345 g/mol. The van der Waals surface area contributed by atoms with E-state index < -0.39 is 0 Å². The summed E-state index contributed by atoms with van der Waals surface area (Å²) in [5, 5.41) is 22.8. The summed E-state index contributed by atoms with van der Waals surface area (Å²) in [6.07, 6.45) is 0. The van der Waals surface area contributed by atoms with Crippen LogP contribution in [0.1, 0.15) is 15.9 Å². The van der Waals surface area contributed by atoms with Gasteiger partial charge in [-0.15, -0.1) is 10.2 Å². The number of methoxy groups -OCH3 is 1. The van der Waals surface area contributed by atoms with Crippen LogP contribution in [-0.2, 0) is 0 Å². The molecule has 3 aromatic rings. The molecule has 0 aliphatic heterocycles. The van der Waals surface area contributed by atoms with Gasteiger partial charge in [-0.25, -0.2) is 0 Å². The number of nitrogens with zero attached hydrogens (tertiary/aromatic N) is 3. The Kier molecular flexibility index (Phi) is 5.05. The molecule has 0 radical (unpaired) electrons. The fourth-order valence-corrected chi connectivity index (χ4v) is 2.22. The Bertz CT molecular complexity index is 947. The van der Waals surface area contributed by atoms with E-state index in [4.69, 9.17) is 10.00 Å². The van der Waals surface area contributed by atoms with Gasteiger partial charge in [0.2, 0.25) is 0 Å². The van der Waals surface area contributed by atoms with Crippen LogP contribution in [0.2, 0.25) is 0 Å². The Morgan fingerprint density at radius 3 is 2.35 bits per heavy atom. The van der Waals surface area contributed by atoms with Crippen molar-refractivity contribution in [3.63, 3.8) is 0 Å². The first kappa shape index (κ1) is 16.9. The third-order valence-electron chi connectivity index (χ3n) is 3.57. The predicted octanol–water partition coefficient (Wildman–Crippen LogP) is 3.35. The molecule has 0 saturated heterocycles. The maximum atomic E-state index is 12.2. The van der Waals surface area contributed by atoms with Gasteiger partial charge in [0.25, 0.3) is 5.91 Å². The van der Waals surface area contributed by atoms with Crippen molar-refractivity contribution in [2.75, 3.05) is 17.7 Å². The Hall–Kier alpha value is -3.92. The van der Waals surface area contributed by atoms with E-state index in [0.29, 0.717) is 34.2 Å². The van der Waals surface area contributed by atoms with Crippen molar-refractivity contribution in [3.8, 4) is 11.8 Å². The number of carbonyl (C=O) groups is 1. The van der Waals surface area contributed by atoms with E-state index in [2.05, 4.69) is 26.9 Å². The van der Waals surface area contributed by atoms with Crippen LogP contribution in [0, 0.1) is 11.3 Å². The van der Waals surface area contributed by atoms with Gasteiger partial charge in [-0.1, -0.05) is 12.1 Å². The van der Waals surface area contributed by atoms with E-state index in [9.17, 15) is 4.79 Å². The van der Waals surface area contributed by atoms with Crippen LogP contribution in [0.4, 0.5) is 17.3 Å². The van der Waals surface area contributed by atoms with E-state index in [1.165, 1.54) is 0 Å². The molecule has 0 aliphatic rings. The van der Waals surface area contributed by atoms with Gasteiger partial charge in [0.15, 0.2) is 11.6 Å². The highest BCUT2D eigenvalue weighted by molar-refractivity contribution is 6.03. The molecule has 0 aliphatic carbocycles. The molecular weight excluding hydrogens is 330 g/mol. The molecule has 2 aromatic carbocycles. The summed E-state index contributed by atoms with van der Waals surface area (Å²) in [5.74, 6) is 1.17. The van der Waals surface area contributed by atoms with Crippen molar-refractivity contribution in [2.45, 2.75) is 0 Å². The average Bonchev–Trinajstić information content (AvgIpc) is 2.70. The summed E-state index contributed by atoms with van der Waals surface area (Å²) in [4.78, 5) is 12.2. The molecular formula is C19H15N5O2. The molecule has 0 fully saturated rings. The Balaban J connectivity index is 1.67. The molecule has 0 spiro atoms. The van der Waals surface area contributed by atoms with Gasteiger partial charge < -0.3 is 15.4 Å². The second kappa shape index (κ2) is 7.77. The third kappa shape index (κ3) is 3.94. The summed E-state index contributed by atoms with van der Waals surface area (Å²) in [7, 11) is 1.56. The number of rotatable bonds is 5. The van der Waals surface area contributed by atoms with Crippen LogP contribution >= 0.6 is 0 Å². The molecule has 7 heteroatoms. The van der Waals surface area contributed by atoms with Crippen LogP contribution < -0.4 is 15.4 Å². The van der Waals surface area contributed by atoms with Gasteiger partial charge in [-0.05, 0) is 48.5 Å². The van der Waals surface area contributed by atoms with E-state index >= 15 is 0 Å². The highest BCUT2D eigenvalue weighted by atomic mass is 16.5. The lowest BCUT2D eigenvalue weighted by atomic mass is 10.2. The van der Waals surface area contributed by atoms with Crippen molar-refractivity contribution in [1.29, 1.82) is 5.26 Å². The summed E-state index contributed by atoms with van der Waals surface area (Å²) >= 11 is 0. The minimum absolute atomic E-state index is 0.294. The summed E-state index contributed by atoms with van der Waals surface area (Å²) < 4.78 is 5.06. The number of aromatic nitrogens is 2. The number of hydrogen-bond donors (Lipinski definition) is 2. The van der Waals surface area contributed by atoms with Gasteiger partial charge >= 0.3 is 0 Å². The second-order valence-electron chi connectivity index (χ2n) is 5.27. The first-order chi connectivity index (χ1) is 12.7. The van der Waals surface area contributed by atoms with Gasteiger partial charge in [0, 0.05) is 5.56 Å². The highest BCUT2D eigenvalue weighted by Crippen LogP contribution is 2.19. The Morgan fingerprint density at radius 2 is 1.69 bits per heavy atom. The Labute approximate surface area is 150 Å². The maximum absolute atomic E-state index is 12.2. The largest absolute Gasteiger partial charge is 0.497 e. The van der Waals surface area contributed by atoms with Gasteiger partial charge in [0.05, 0.1) is 18.4 Å². The number of carbonyl (C=O) groups excluding carboxylic acids is 1. The van der Waals surface area contributed by atoms with E-state index in [0.717, 1.165) is 0 Å². The maximum Gasteiger partial charge on any atom is 0.256 e. The van der Waals surface area contributed by atoms with Crippen LogP contribution in [0.3, 0.4) is 0 Å². The summed E-state index contributed by atoms with van der Waals surface area (Å²) in [6.45, 7) is 0. The first-order valence-electron chi connectivity index (χ1n) is 7.75. The number of ether oxygens (including phenoxy) is 1. The lowest BCUT2D eigenvalue weighted by Gasteiger charge is -2.08. The van der Waals surface area contributed by atoms with Gasteiger partial charge in [0.1, 0.15) is 11.8 Å². The molecule has 128 valence electrons. The Morgan fingerprint density at radius 1 is 1.00 bits per heavy atom. The number of amides is 1. The van der Waals surface area contributed by atoms with Crippen LogP contribution in [0.25, 0.3) is 0 Å². The molecule has 0 saturated carbocycles. The van der Waals surface area contributed by atoms with E-state index in [-0.39, 0.29) is 5.91 Å². The van der Waals surface area contributed by atoms with Crippen LogP contribution in [0.15, 0.2) is 60.7 Å². The highest BCUT2D eigenvalue weighted by Gasteiger charge is 2.08. The predicted molar refractivity (Wildman–Crippen MR) is 97.4 cm³/mol. The lowest BCUT2D eigenvalue weighted by Crippen LogP contribution is -2.13. The van der Waals surface area contributed by atoms with Crippen molar-refractivity contribution in [3.05, 3.63) is 71.8 Å². The molecule has 1 aromatic heterocycles. The summed E-state index contributed by atoms with van der Waals surface area (Å²) in [6, 6.07) is 19.2. The molecule has 3 rings (SSSR count). The third-order valence-corrected chi connectivity index (χ3v) is 3.57. The number of nitriles is 1. The molecule has 0 atom stereocenters. The SMILES string of the molecule is COc1ccc(C(=O)Nc2ccc(Nc3ccccc3C#N)nn2)cc1. The molecule has 1 heterocycles. The number of anilines is 3. The van der Waals surface area contributed by atoms with Crippen LogP contribution in [-0.4, -0.2) is 23.2 Å². The molecule has 26 heavy (non-hydrogen) atoms. The molecule has 2 N–H and O–H groups in total. The number of para-hydroxylation sites is 1. The van der Waals surface area contributed by atoms with Gasteiger partial charge in [-0.3, -0.25) is 4.79 Å². The fraction of sp³-hybridized carbons (Fsp3) is 0.0526. The normalized spacial score (nSPS) is 9.85. The second-order valence-corrected chi connectivity index (χ2v) is 5.27. The van der Waals surface area contributed by atoms with Crippen molar-refractivity contribution < 1.29 is 9.53 Å². The van der Waals surface area contributed by atoms with Crippen molar-refractivity contribution in [1.82, 2.24) is 10.2 Å². The van der Waals surface area contributed by atoms with Crippen molar-refractivity contribution >= 4 is 23.2 Å². The molecule has 7 nitrogen and oxygen atoms in total. The number of hydrogen-bond acceptors (Lipinski definition) is 6. The zero-order valence-electron chi connectivity index (χ0n) is 13.9. The molecule has 1 amide bonds. The summed E-state index contributed by atoms with van der Waals surface area (Å²) in [5.41, 5.74) is 1.63. The van der Waals surface area contributed by atoms with E-state index in [1.807, 2.05) is 6.07 Å². The fourth-order valence-electron chi connectivity index (χ4n) is 2.22. The average molecular weight is 345 g/mol. The number of benzene rings is 2. The van der Waals surface area contributed by atoms with Crippen LogP contribution in [0.5, 0.6) is 5.75 Å². The topological polar surface area (TPSA) is 99.9 Å². The smallest absolute Gasteiger partial charge is 0.256 e. The zero-order valence-corrected chi connectivity index (χ0v) is 13.9. The first-order valence-corrected chi connectivity index (χ1v) is 7.75.